The fourth-order valence-corrected chi connectivity index (χ4v) is 4.36. The molecule has 0 amide bonds. The average Bonchev–Trinajstić information content (AvgIpc) is 3.16. The van der Waals surface area contributed by atoms with Crippen LogP contribution in [0.2, 0.25) is 0 Å². The second-order valence-electron chi connectivity index (χ2n) is 6.31. The molecule has 0 aromatic heterocycles. The molecule has 4 aliphatic rings. The summed E-state index contributed by atoms with van der Waals surface area (Å²) in [6.07, 6.45) is 5.30. The van der Waals surface area contributed by atoms with Crippen LogP contribution in [0.4, 0.5) is 0 Å². The Morgan fingerprint density at radius 3 is 2.74 bits per heavy atom. The summed E-state index contributed by atoms with van der Waals surface area (Å²) in [5, 5.41) is 7.00. The number of fused-ring (bicyclic) bond motifs is 2. The lowest BCUT2D eigenvalue weighted by atomic mass is 9.62. The quantitative estimate of drug-likeness (QED) is 0.674. The lowest BCUT2D eigenvalue weighted by Crippen LogP contribution is -2.55. The molecule has 2 heterocycles. The van der Waals surface area contributed by atoms with E-state index in [1.165, 1.54) is 0 Å². The van der Waals surface area contributed by atoms with Gasteiger partial charge in [0.25, 0.3) is 0 Å². The Kier molecular flexibility index (Phi) is 2.89. The number of epoxide rings is 1. The van der Waals surface area contributed by atoms with E-state index >= 15 is 0 Å². The maximum atomic E-state index is 11.9. The largest absolute Gasteiger partial charge is 0.400 e. The maximum Gasteiger partial charge on any atom is 0.158 e. The zero-order valence-corrected chi connectivity index (χ0v) is 11.8. The summed E-state index contributed by atoms with van der Waals surface area (Å²) in [5.74, 6) is 0.608. The monoisotopic (exact) mass is 266 g/mol. The number of ether oxygens (including phenoxy) is 2. The van der Waals surface area contributed by atoms with Gasteiger partial charge in [-0.3, -0.25) is 4.79 Å². The van der Waals surface area contributed by atoms with Gasteiger partial charge in [-0.25, -0.2) is 0 Å². The third kappa shape index (κ3) is 1.54. The van der Waals surface area contributed by atoms with Crippen molar-refractivity contribution in [3.8, 4) is 0 Å². The van der Waals surface area contributed by atoms with E-state index in [-0.39, 0.29) is 29.0 Å². The van der Waals surface area contributed by atoms with E-state index in [0.717, 1.165) is 32.1 Å². The van der Waals surface area contributed by atoms with Gasteiger partial charge < -0.3 is 14.6 Å². The third-order valence-electron chi connectivity index (χ3n) is 5.66. The summed E-state index contributed by atoms with van der Waals surface area (Å²) in [7, 11) is 1.00. The molecule has 4 nitrogen and oxygen atoms in total. The predicted molar refractivity (Wildman–Crippen MR) is 69.7 cm³/mol. The molecule has 4 heteroatoms. The Labute approximate surface area is 113 Å². The number of aliphatic hydroxyl groups is 1. The Hall–Kier alpha value is -0.710. The van der Waals surface area contributed by atoms with E-state index < -0.39 is 0 Å². The van der Waals surface area contributed by atoms with Crippen LogP contribution in [0, 0.1) is 11.3 Å². The molecule has 1 spiro atoms. The van der Waals surface area contributed by atoms with Crippen molar-refractivity contribution in [3.05, 3.63) is 11.6 Å². The molecule has 2 aliphatic carbocycles. The van der Waals surface area contributed by atoms with Gasteiger partial charge in [-0.15, -0.1) is 0 Å². The molecule has 5 atom stereocenters. The fraction of sp³-hybridized carbons (Fsp3) is 0.800. The van der Waals surface area contributed by atoms with Gasteiger partial charge in [-0.1, -0.05) is 6.92 Å². The van der Waals surface area contributed by atoms with Crippen LogP contribution in [0.3, 0.4) is 0 Å². The molecule has 1 N–H and O–H groups in total. The fourth-order valence-electron chi connectivity index (χ4n) is 4.36. The summed E-state index contributed by atoms with van der Waals surface area (Å²) in [4.78, 5) is 11.9. The van der Waals surface area contributed by atoms with Crippen LogP contribution in [-0.2, 0) is 14.3 Å². The van der Waals surface area contributed by atoms with Gasteiger partial charge in [-0.05, 0) is 31.4 Å². The smallest absolute Gasteiger partial charge is 0.158 e. The number of hydrogen-bond donors (Lipinski definition) is 1. The first kappa shape index (κ1) is 13.3. The number of carbonyl (C=O) groups is 1. The lowest BCUT2D eigenvalue weighted by Gasteiger charge is -2.48. The minimum atomic E-state index is -0.0481. The topological polar surface area (TPSA) is 59.1 Å². The highest BCUT2D eigenvalue weighted by molar-refractivity contribution is 5.96. The minimum absolute atomic E-state index is 0.0481. The predicted octanol–water partition coefficient (Wildman–Crippen LogP) is 1.47. The van der Waals surface area contributed by atoms with Crippen molar-refractivity contribution in [2.75, 3.05) is 13.7 Å². The third-order valence-corrected chi connectivity index (χ3v) is 5.66. The molecule has 3 fully saturated rings. The van der Waals surface area contributed by atoms with Gasteiger partial charge in [0, 0.05) is 24.9 Å². The van der Waals surface area contributed by atoms with E-state index in [0.29, 0.717) is 12.3 Å². The second kappa shape index (κ2) is 4.14. The van der Waals surface area contributed by atoms with Crippen molar-refractivity contribution in [1.82, 2.24) is 0 Å². The summed E-state index contributed by atoms with van der Waals surface area (Å²) in [6.45, 7) is 5.04. The maximum absolute atomic E-state index is 11.9. The number of rotatable bonds is 0. The van der Waals surface area contributed by atoms with Crippen LogP contribution in [-0.4, -0.2) is 42.4 Å². The van der Waals surface area contributed by atoms with Crippen LogP contribution in [0.5, 0.6) is 0 Å². The van der Waals surface area contributed by atoms with Crippen molar-refractivity contribution >= 4 is 5.78 Å². The van der Waals surface area contributed by atoms with E-state index in [2.05, 4.69) is 6.92 Å². The zero-order chi connectivity index (χ0) is 13.8. The highest BCUT2D eigenvalue weighted by Crippen LogP contribution is 2.66. The normalized spacial score (nSPS) is 50.2. The summed E-state index contributed by atoms with van der Waals surface area (Å²) >= 11 is 0. The molecule has 5 unspecified atom stereocenters. The first-order chi connectivity index (χ1) is 9.07. The first-order valence-corrected chi connectivity index (χ1v) is 7.03. The highest BCUT2D eigenvalue weighted by Gasteiger charge is 2.73. The molecule has 106 valence electrons. The molecule has 2 bridgehead atoms. The van der Waals surface area contributed by atoms with Gasteiger partial charge >= 0.3 is 0 Å². The van der Waals surface area contributed by atoms with Gasteiger partial charge in [0.2, 0.25) is 0 Å². The molecule has 1 saturated carbocycles. The van der Waals surface area contributed by atoms with E-state index in [1.54, 1.807) is 0 Å². The van der Waals surface area contributed by atoms with E-state index in [9.17, 15) is 4.79 Å². The van der Waals surface area contributed by atoms with Gasteiger partial charge in [-0.2, -0.15) is 0 Å². The van der Waals surface area contributed by atoms with E-state index in [1.807, 2.05) is 13.0 Å². The number of aliphatic hydroxyl groups excluding tert-OH is 1. The van der Waals surface area contributed by atoms with Crippen LogP contribution >= 0.6 is 0 Å². The Morgan fingerprint density at radius 2 is 2.11 bits per heavy atom. The molecule has 4 rings (SSSR count). The van der Waals surface area contributed by atoms with Crippen molar-refractivity contribution in [3.63, 3.8) is 0 Å². The van der Waals surface area contributed by atoms with Gasteiger partial charge in [0.1, 0.15) is 5.60 Å². The minimum Gasteiger partial charge on any atom is -0.400 e. The van der Waals surface area contributed by atoms with Crippen molar-refractivity contribution in [1.29, 1.82) is 0 Å². The molecule has 2 aliphatic heterocycles. The Balaban J connectivity index is 0.000000528. The molecule has 0 aromatic rings. The number of Topliss-reactive ketones (excluding diaryl/α,β-unsaturated/α-hetero) is 1. The van der Waals surface area contributed by atoms with Crippen LogP contribution in [0.25, 0.3) is 0 Å². The average molecular weight is 266 g/mol. The van der Waals surface area contributed by atoms with E-state index in [4.69, 9.17) is 14.6 Å². The number of allylic oxidation sites excluding steroid dienone is 1. The summed E-state index contributed by atoms with van der Waals surface area (Å²) in [6, 6.07) is 0. The molecular formula is C15H22O4. The number of carbonyl (C=O) groups excluding carboxylic acids is 1. The molecule has 2 saturated heterocycles. The van der Waals surface area contributed by atoms with Crippen molar-refractivity contribution < 1.29 is 19.4 Å². The van der Waals surface area contributed by atoms with Crippen LogP contribution in [0.1, 0.15) is 33.1 Å². The van der Waals surface area contributed by atoms with Crippen molar-refractivity contribution in [2.45, 2.75) is 50.9 Å². The molecule has 0 radical (unpaired) electrons. The Bertz CT molecular complexity index is 437. The van der Waals surface area contributed by atoms with Crippen molar-refractivity contribution in [2.24, 2.45) is 11.3 Å². The number of ketones is 1. The summed E-state index contributed by atoms with van der Waals surface area (Å²) in [5.41, 5.74) is 0.975. The Morgan fingerprint density at radius 1 is 1.42 bits per heavy atom. The van der Waals surface area contributed by atoms with Crippen LogP contribution in [0.15, 0.2) is 11.6 Å². The first-order valence-electron chi connectivity index (χ1n) is 7.03. The molecule has 19 heavy (non-hydrogen) atoms. The zero-order valence-electron chi connectivity index (χ0n) is 11.8. The SMILES string of the molecule is CC1=CC2OC3CCC(C)(C2CC1=O)C31CO1.CO. The second-order valence-corrected chi connectivity index (χ2v) is 6.31. The van der Waals surface area contributed by atoms with Gasteiger partial charge in [0.05, 0.1) is 18.8 Å². The molecule has 0 aromatic carbocycles. The summed E-state index contributed by atoms with van der Waals surface area (Å²) < 4.78 is 12.0. The standard InChI is InChI=1S/C14H18O3.CH4O/c1-8-5-11-9(6-10(8)15)13(2)4-3-12(17-11)14(13)7-16-14;1-2/h5,9,11-12H,3-4,6-7H2,1-2H3;2H,1H3. The van der Waals surface area contributed by atoms with Gasteiger partial charge in [0.15, 0.2) is 5.78 Å². The highest BCUT2D eigenvalue weighted by atomic mass is 16.6. The van der Waals surface area contributed by atoms with Crippen LogP contribution < -0.4 is 0 Å². The number of hydrogen-bond acceptors (Lipinski definition) is 4. The molecular weight excluding hydrogens is 244 g/mol. The lowest BCUT2D eigenvalue weighted by molar-refractivity contribution is -0.151.